The Morgan fingerprint density at radius 1 is 0.872 bits per heavy atom. The van der Waals surface area contributed by atoms with E-state index in [2.05, 4.69) is 5.32 Å². The summed E-state index contributed by atoms with van der Waals surface area (Å²) in [6, 6.07) is 26.1. The lowest BCUT2D eigenvalue weighted by Gasteiger charge is -2.34. The molecule has 0 bridgehead atoms. The van der Waals surface area contributed by atoms with Crippen molar-refractivity contribution >= 4 is 39.1 Å². The maximum Gasteiger partial charge on any atom is 0.264 e. The van der Waals surface area contributed by atoms with Crippen LogP contribution in [0.5, 0.6) is 5.75 Å². The van der Waals surface area contributed by atoms with Gasteiger partial charge in [-0.3, -0.25) is 13.9 Å². The van der Waals surface area contributed by atoms with E-state index in [-0.39, 0.29) is 41.8 Å². The van der Waals surface area contributed by atoms with Crippen molar-refractivity contribution < 1.29 is 27.1 Å². The van der Waals surface area contributed by atoms with Crippen LogP contribution in [0.1, 0.15) is 37.8 Å². The minimum atomic E-state index is -4.34. The number of hydrogen-bond acceptors (Lipinski definition) is 5. The van der Waals surface area contributed by atoms with E-state index in [1.807, 2.05) is 37.3 Å². The van der Waals surface area contributed by atoms with E-state index in [0.717, 1.165) is 22.7 Å². The molecule has 1 unspecified atom stereocenters. The monoisotopic (exact) mass is 679 g/mol. The van der Waals surface area contributed by atoms with Gasteiger partial charge in [0.2, 0.25) is 11.8 Å². The summed E-state index contributed by atoms with van der Waals surface area (Å²) in [6.07, 6.45) is 1.78. The first-order chi connectivity index (χ1) is 22.6. The van der Waals surface area contributed by atoms with E-state index in [4.69, 9.17) is 16.3 Å². The molecule has 1 atom stereocenters. The van der Waals surface area contributed by atoms with Crippen molar-refractivity contribution in [2.45, 2.75) is 50.6 Å². The Kier molecular flexibility index (Phi) is 12.8. The summed E-state index contributed by atoms with van der Waals surface area (Å²) in [5.74, 6) is -1.19. The number of para-hydroxylation sites is 2. The lowest BCUT2D eigenvalue weighted by atomic mass is 10.0. The number of carbonyl (C=O) groups excluding carboxylic acids is 2. The van der Waals surface area contributed by atoms with Gasteiger partial charge in [0.15, 0.2) is 0 Å². The molecule has 8 nitrogen and oxygen atoms in total. The standard InChI is InChI=1S/C36H39ClFN3O5S/c1-3-5-23-39-36(43)33(24-27-11-7-6-8-12-27)40(25-28-15-19-30(38)20-16-28)35(42)26-41(32-13-9-10-14-34(32)46-4-2)47(44,45)31-21-17-29(37)18-22-31/h6-22,33H,3-5,23-26H2,1-2H3,(H,39,43). The Labute approximate surface area is 281 Å². The summed E-state index contributed by atoms with van der Waals surface area (Å²) in [4.78, 5) is 29.7. The van der Waals surface area contributed by atoms with Crippen LogP contribution in [0.15, 0.2) is 108 Å². The van der Waals surface area contributed by atoms with E-state index >= 15 is 0 Å². The van der Waals surface area contributed by atoms with Gasteiger partial charge < -0.3 is 15.0 Å². The lowest BCUT2D eigenvalue weighted by molar-refractivity contribution is -0.140. The maximum atomic E-state index is 14.6. The second-order valence-corrected chi connectivity index (χ2v) is 13.2. The zero-order valence-electron chi connectivity index (χ0n) is 26.4. The smallest absolute Gasteiger partial charge is 0.264 e. The average Bonchev–Trinajstić information content (AvgIpc) is 3.07. The highest BCUT2D eigenvalue weighted by molar-refractivity contribution is 7.92. The fraction of sp³-hybridized carbons (Fsp3) is 0.278. The van der Waals surface area contributed by atoms with Crippen molar-refractivity contribution in [3.63, 3.8) is 0 Å². The number of amides is 2. The Morgan fingerprint density at radius 2 is 1.53 bits per heavy atom. The van der Waals surface area contributed by atoms with Gasteiger partial charge in [-0.2, -0.15) is 0 Å². The van der Waals surface area contributed by atoms with Gasteiger partial charge in [0.25, 0.3) is 10.0 Å². The van der Waals surface area contributed by atoms with E-state index in [0.29, 0.717) is 17.1 Å². The quantitative estimate of drug-likeness (QED) is 0.134. The van der Waals surface area contributed by atoms with Crippen LogP contribution in [-0.2, 0) is 32.6 Å². The summed E-state index contributed by atoms with van der Waals surface area (Å²) in [5.41, 5.74) is 1.54. The van der Waals surface area contributed by atoms with Gasteiger partial charge in [-0.1, -0.05) is 79.5 Å². The van der Waals surface area contributed by atoms with Crippen LogP contribution in [0.2, 0.25) is 5.02 Å². The number of anilines is 1. The van der Waals surface area contributed by atoms with Gasteiger partial charge in [0, 0.05) is 24.5 Å². The molecule has 1 N–H and O–H groups in total. The van der Waals surface area contributed by atoms with Crippen molar-refractivity contribution in [3.8, 4) is 5.75 Å². The van der Waals surface area contributed by atoms with Crippen molar-refractivity contribution in [1.29, 1.82) is 0 Å². The third kappa shape index (κ3) is 9.56. The zero-order valence-corrected chi connectivity index (χ0v) is 28.0. The molecule has 0 aromatic heterocycles. The Hall–Kier alpha value is -4.41. The second-order valence-electron chi connectivity index (χ2n) is 10.9. The Morgan fingerprint density at radius 3 is 2.19 bits per heavy atom. The Bertz CT molecular complexity index is 1720. The zero-order chi connectivity index (χ0) is 33.8. The number of nitrogens with zero attached hydrogens (tertiary/aromatic N) is 2. The number of rotatable bonds is 16. The van der Waals surface area contributed by atoms with Gasteiger partial charge in [0.1, 0.15) is 24.2 Å². The first kappa shape index (κ1) is 35.4. The summed E-state index contributed by atoms with van der Waals surface area (Å²) >= 11 is 6.06. The van der Waals surface area contributed by atoms with Crippen LogP contribution in [0, 0.1) is 5.82 Å². The number of unbranched alkanes of at least 4 members (excludes halogenated alkanes) is 1. The first-order valence-corrected chi connectivity index (χ1v) is 17.3. The van der Waals surface area contributed by atoms with Gasteiger partial charge in [-0.15, -0.1) is 0 Å². The highest BCUT2D eigenvalue weighted by Gasteiger charge is 2.35. The highest BCUT2D eigenvalue weighted by atomic mass is 35.5. The number of carbonyl (C=O) groups is 2. The van der Waals surface area contributed by atoms with E-state index < -0.39 is 34.3 Å². The number of benzene rings is 4. The molecule has 47 heavy (non-hydrogen) atoms. The molecule has 0 saturated heterocycles. The molecule has 0 fully saturated rings. The van der Waals surface area contributed by atoms with Crippen LogP contribution in [0.3, 0.4) is 0 Å². The predicted octanol–water partition coefficient (Wildman–Crippen LogP) is 6.63. The molecule has 4 aromatic rings. The SMILES string of the molecule is CCCCNC(=O)C(Cc1ccccc1)N(Cc1ccc(F)cc1)C(=O)CN(c1ccccc1OCC)S(=O)(=O)c1ccc(Cl)cc1. The fourth-order valence-electron chi connectivity index (χ4n) is 5.03. The molecule has 11 heteroatoms. The fourth-order valence-corrected chi connectivity index (χ4v) is 6.59. The molecule has 0 heterocycles. The van der Waals surface area contributed by atoms with E-state index in [1.165, 1.54) is 53.4 Å². The molecule has 0 aliphatic carbocycles. The summed E-state index contributed by atoms with van der Waals surface area (Å²) in [5, 5.41) is 3.30. The van der Waals surface area contributed by atoms with E-state index in [1.54, 1.807) is 31.2 Å². The third-order valence-electron chi connectivity index (χ3n) is 7.48. The number of ether oxygens (including phenoxy) is 1. The largest absolute Gasteiger partial charge is 0.492 e. The normalized spacial score (nSPS) is 11.8. The number of halogens is 2. The van der Waals surface area contributed by atoms with Crippen LogP contribution >= 0.6 is 11.6 Å². The number of nitrogens with one attached hydrogen (secondary N) is 1. The van der Waals surface area contributed by atoms with Crippen LogP contribution in [-0.4, -0.2) is 50.9 Å². The summed E-state index contributed by atoms with van der Waals surface area (Å²) in [7, 11) is -4.34. The summed E-state index contributed by atoms with van der Waals surface area (Å²) in [6.45, 7) is 3.73. The third-order valence-corrected chi connectivity index (χ3v) is 9.51. The lowest BCUT2D eigenvalue weighted by Crippen LogP contribution is -2.53. The van der Waals surface area contributed by atoms with Crippen LogP contribution in [0.4, 0.5) is 10.1 Å². The maximum absolute atomic E-state index is 14.6. The number of hydrogen-bond donors (Lipinski definition) is 1. The topological polar surface area (TPSA) is 96.0 Å². The minimum Gasteiger partial charge on any atom is -0.492 e. The molecule has 4 rings (SSSR count). The molecule has 248 valence electrons. The second kappa shape index (κ2) is 16.9. The van der Waals surface area contributed by atoms with Crippen molar-refractivity contribution in [3.05, 3.63) is 125 Å². The average molecular weight is 680 g/mol. The van der Waals surface area contributed by atoms with Crippen LogP contribution < -0.4 is 14.4 Å². The van der Waals surface area contributed by atoms with Crippen LogP contribution in [0.25, 0.3) is 0 Å². The molecule has 0 spiro atoms. The van der Waals surface area contributed by atoms with Gasteiger partial charge >= 0.3 is 0 Å². The number of sulfonamides is 1. The molecule has 0 saturated carbocycles. The molecule has 4 aromatic carbocycles. The molecular formula is C36H39ClFN3O5S. The minimum absolute atomic E-state index is 0.0697. The van der Waals surface area contributed by atoms with Gasteiger partial charge in [0.05, 0.1) is 17.2 Å². The Balaban J connectivity index is 1.82. The summed E-state index contributed by atoms with van der Waals surface area (Å²) < 4.78 is 49.2. The van der Waals surface area contributed by atoms with Crippen molar-refractivity contribution in [1.82, 2.24) is 10.2 Å². The van der Waals surface area contributed by atoms with E-state index in [9.17, 15) is 22.4 Å². The van der Waals surface area contributed by atoms with Crippen molar-refractivity contribution in [2.75, 3.05) is 24.0 Å². The molecule has 2 amide bonds. The predicted molar refractivity (Wildman–Crippen MR) is 182 cm³/mol. The van der Waals surface area contributed by atoms with Crippen molar-refractivity contribution in [2.24, 2.45) is 0 Å². The molecule has 0 radical (unpaired) electrons. The first-order valence-electron chi connectivity index (χ1n) is 15.5. The molecule has 0 aliphatic rings. The highest BCUT2D eigenvalue weighted by Crippen LogP contribution is 2.33. The van der Waals surface area contributed by atoms with Gasteiger partial charge in [-0.25, -0.2) is 12.8 Å². The van der Waals surface area contributed by atoms with Gasteiger partial charge in [-0.05, 0) is 73.0 Å². The molecule has 0 aliphatic heterocycles. The molecular weight excluding hydrogens is 641 g/mol.